The van der Waals surface area contributed by atoms with Crippen molar-refractivity contribution < 1.29 is 0 Å². The first-order valence-corrected chi connectivity index (χ1v) is 7.60. The normalized spacial score (nSPS) is 10.5. The number of thioether (sulfide) groups is 1. The fourth-order valence-electron chi connectivity index (χ4n) is 1.62. The van der Waals surface area contributed by atoms with Crippen molar-refractivity contribution in [3.8, 4) is 0 Å². The zero-order valence-electron chi connectivity index (χ0n) is 10.6. The molecule has 1 aromatic carbocycles. The lowest BCUT2D eigenvalue weighted by molar-refractivity contribution is 0.857. The van der Waals surface area contributed by atoms with E-state index in [1.165, 1.54) is 11.8 Å². The van der Waals surface area contributed by atoms with Crippen molar-refractivity contribution in [1.82, 2.24) is 9.97 Å². The van der Waals surface area contributed by atoms with Crippen molar-refractivity contribution in [2.45, 2.75) is 11.7 Å². The Morgan fingerprint density at radius 1 is 1.16 bits per heavy atom. The molecule has 0 fully saturated rings. The number of nitrogens with zero attached hydrogens (tertiary/aromatic N) is 3. The second-order valence-corrected chi connectivity index (χ2v) is 5.62. The summed E-state index contributed by atoms with van der Waals surface area (Å²) in [5, 5.41) is 1.86. The minimum Gasteiger partial charge on any atom is -0.355 e. The maximum atomic E-state index is 5.99. The van der Waals surface area contributed by atoms with Gasteiger partial charge in [-0.25, -0.2) is 9.97 Å². The Hall–Kier alpha value is -0.970. The summed E-state index contributed by atoms with van der Waals surface area (Å²) in [6.07, 6.45) is 1.93. The lowest BCUT2D eigenvalue weighted by atomic mass is 10.2. The molecule has 0 bridgehead atoms. The van der Waals surface area contributed by atoms with Gasteiger partial charge in [-0.2, -0.15) is 0 Å². The van der Waals surface area contributed by atoms with Crippen molar-refractivity contribution in [2.75, 3.05) is 18.2 Å². The molecule has 0 atom stereocenters. The van der Waals surface area contributed by atoms with Gasteiger partial charge in [-0.15, -0.1) is 0 Å². The Balaban J connectivity index is 2.17. The van der Waals surface area contributed by atoms with Crippen LogP contribution in [-0.4, -0.2) is 23.3 Å². The molecule has 100 valence electrons. The van der Waals surface area contributed by atoms with Gasteiger partial charge in [0.05, 0.1) is 0 Å². The molecule has 2 aromatic rings. The van der Waals surface area contributed by atoms with Gasteiger partial charge in [-0.05, 0) is 24.0 Å². The summed E-state index contributed by atoms with van der Waals surface area (Å²) in [6.45, 7) is 0.734. The average Bonchev–Trinajstić information content (AvgIpc) is 2.40. The van der Waals surface area contributed by atoms with Crippen LogP contribution in [0, 0.1) is 0 Å². The number of halogens is 2. The largest absolute Gasteiger partial charge is 0.355 e. The number of rotatable bonds is 4. The van der Waals surface area contributed by atoms with Gasteiger partial charge in [0.2, 0.25) is 0 Å². The molecule has 0 unspecified atom stereocenters. The molecule has 0 radical (unpaired) electrons. The van der Waals surface area contributed by atoms with Crippen molar-refractivity contribution in [3.63, 3.8) is 0 Å². The van der Waals surface area contributed by atoms with Crippen LogP contribution in [0.3, 0.4) is 0 Å². The molecule has 0 spiro atoms. The minimum atomic E-state index is 0.456. The fraction of sp³-hybridized carbons (Fsp3) is 0.231. The summed E-state index contributed by atoms with van der Waals surface area (Å²) in [5.74, 6) is 0.805. The van der Waals surface area contributed by atoms with Crippen LogP contribution < -0.4 is 4.90 Å². The third-order valence-corrected chi connectivity index (χ3v) is 3.56. The van der Waals surface area contributed by atoms with Gasteiger partial charge in [0, 0.05) is 24.7 Å². The molecular formula is C13H13Cl2N3S. The molecule has 0 saturated carbocycles. The average molecular weight is 314 g/mol. The van der Waals surface area contributed by atoms with Crippen molar-refractivity contribution in [3.05, 3.63) is 46.1 Å². The maximum absolute atomic E-state index is 5.99. The fourth-order valence-corrected chi connectivity index (χ4v) is 2.35. The van der Waals surface area contributed by atoms with Crippen LogP contribution in [0.15, 0.2) is 35.5 Å². The highest BCUT2D eigenvalue weighted by Crippen LogP contribution is 2.21. The summed E-state index contributed by atoms with van der Waals surface area (Å²) in [5.41, 5.74) is 1.16. The molecule has 2 rings (SSSR count). The zero-order valence-corrected chi connectivity index (χ0v) is 12.9. The molecule has 0 saturated heterocycles. The van der Waals surface area contributed by atoms with Crippen LogP contribution in [0.5, 0.6) is 0 Å². The lowest BCUT2D eigenvalue weighted by Crippen LogP contribution is -2.18. The van der Waals surface area contributed by atoms with Crippen LogP contribution in [0.4, 0.5) is 5.82 Å². The Morgan fingerprint density at radius 3 is 2.47 bits per heavy atom. The molecule has 6 heteroatoms. The summed E-state index contributed by atoms with van der Waals surface area (Å²) >= 11 is 13.3. The van der Waals surface area contributed by atoms with E-state index in [2.05, 4.69) is 9.97 Å². The van der Waals surface area contributed by atoms with Gasteiger partial charge in [0.1, 0.15) is 11.0 Å². The van der Waals surface area contributed by atoms with Crippen LogP contribution >= 0.6 is 35.0 Å². The summed E-state index contributed by atoms with van der Waals surface area (Å²) in [4.78, 5) is 10.6. The lowest BCUT2D eigenvalue weighted by Gasteiger charge is -2.18. The molecule has 19 heavy (non-hydrogen) atoms. The maximum Gasteiger partial charge on any atom is 0.190 e. The first-order chi connectivity index (χ1) is 9.08. The van der Waals surface area contributed by atoms with E-state index in [1.54, 1.807) is 6.07 Å². The van der Waals surface area contributed by atoms with E-state index in [0.29, 0.717) is 10.3 Å². The van der Waals surface area contributed by atoms with Gasteiger partial charge in [0.15, 0.2) is 5.16 Å². The van der Waals surface area contributed by atoms with E-state index in [-0.39, 0.29) is 0 Å². The molecule has 0 aliphatic heterocycles. The predicted octanol–water partition coefficient (Wildman–Crippen LogP) is 4.14. The topological polar surface area (TPSA) is 29.0 Å². The first kappa shape index (κ1) is 14.4. The second-order valence-electron chi connectivity index (χ2n) is 4.02. The van der Waals surface area contributed by atoms with Gasteiger partial charge in [-0.3, -0.25) is 0 Å². The summed E-state index contributed by atoms with van der Waals surface area (Å²) < 4.78 is 0. The van der Waals surface area contributed by atoms with E-state index >= 15 is 0 Å². The molecule has 0 aliphatic carbocycles. The Labute approximate surface area is 127 Å². The standard InChI is InChI=1S/C13H13Cl2N3S/c1-18(8-9-3-5-10(14)6-4-9)12-7-11(15)16-13(17-12)19-2/h3-7H,8H2,1-2H3. The number of anilines is 1. The summed E-state index contributed by atoms with van der Waals surface area (Å²) in [6, 6.07) is 9.52. The Kier molecular flexibility index (Phi) is 4.91. The monoisotopic (exact) mass is 313 g/mol. The predicted molar refractivity (Wildman–Crippen MR) is 82.4 cm³/mol. The SMILES string of the molecule is CSc1nc(Cl)cc(N(C)Cc2ccc(Cl)cc2)n1. The molecule has 0 amide bonds. The van der Waals surface area contributed by atoms with E-state index in [1.807, 2.05) is 42.5 Å². The first-order valence-electron chi connectivity index (χ1n) is 5.62. The van der Waals surface area contributed by atoms with E-state index in [4.69, 9.17) is 23.2 Å². The second kappa shape index (κ2) is 6.46. The minimum absolute atomic E-state index is 0.456. The molecular weight excluding hydrogens is 301 g/mol. The molecule has 3 nitrogen and oxygen atoms in total. The Bertz CT molecular complexity index is 560. The summed E-state index contributed by atoms with van der Waals surface area (Å²) in [7, 11) is 1.97. The number of hydrogen-bond donors (Lipinski definition) is 0. The van der Waals surface area contributed by atoms with Gasteiger partial charge in [-0.1, -0.05) is 47.1 Å². The third-order valence-electron chi connectivity index (χ3n) is 2.57. The van der Waals surface area contributed by atoms with Crippen molar-refractivity contribution >= 4 is 40.8 Å². The molecule has 1 aromatic heterocycles. The Morgan fingerprint density at radius 2 is 1.84 bits per heavy atom. The van der Waals surface area contributed by atoms with E-state index in [9.17, 15) is 0 Å². The quantitative estimate of drug-likeness (QED) is 0.482. The molecule has 0 aliphatic rings. The van der Waals surface area contributed by atoms with Gasteiger partial charge in [0.25, 0.3) is 0 Å². The van der Waals surface area contributed by atoms with Crippen molar-refractivity contribution in [2.24, 2.45) is 0 Å². The molecule has 0 N–H and O–H groups in total. The highest BCUT2D eigenvalue weighted by Gasteiger charge is 2.08. The van der Waals surface area contributed by atoms with E-state index in [0.717, 1.165) is 22.9 Å². The number of hydrogen-bond acceptors (Lipinski definition) is 4. The van der Waals surface area contributed by atoms with E-state index < -0.39 is 0 Å². The van der Waals surface area contributed by atoms with Gasteiger partial charge >= 0.3 is 0 Å². The zero-order chi connectivity index (χ0) is 13.8. The van der Waals surface area contributed by atoms with Crippen LogP contribution in [0.25, 0.3) is 0 Å². The van der Waals surface area contributed by atoms with Crippen LogP contribution in [0.1, 0.15) is 5.56 Å². The van der Waals surface area contributed by atoms with Crippen LogP contribution in [-0.2, 0) is 6.54 Å². The van der Waals surface area contributed by atoms with Crippen molar-refractivity contribution in [1.29, 1.82) is 0 Å². The third kappa shape index (κ3) is 4.00. The van der Waals surface area contributed by atoms with Gasteiger partial charge < -0.3 is 4.90 Å². The smallest absolute Gasteiger partial charge is 0.190 e. The number of benzene rings is 1. The molecule has 1 heterocycles. The highest BCUT2D eigenvalue weighted by molar-refractivity contribution is 7.98. The number of aromatic nitrogens is 2. The highest BCUT2D eigenvalue weighted by atomic mass is 35.5. The van der Waals surface area contributed by atoms with Crippen LogP contribution in [0.2, 0.25) is 10.2 Å².